The van der Waals surface area contributed by atoms with E-state index in [1.165, 1.54) is 0 Å². The summed E-state index contributed by atoms with van der Waals surface area (Å²) in [5, 5.41) is 2.97. The molecule has 0 saturated carbocycles. The van der Waals surface area contributed by atoms with Crippen LogP contribution in [-0.2, 0) is 0 Å². The van der Waals surface area contributed by atoms with Crippen LogP contribution in [0.15, 0.2) is 36.8 Å². The van der Waals surface area contributed by atoms with Crippen LogP contribution in [0.5, 0.6) is 0 Å². The molecule has 1 N–H and O–H groups in total. The number of benzene rings is 1. The molecule has 24 heavy (non-hydrogen) atoms. The number of nitrogens with one attached hydrogen (secondary N) is 1. The second-order valence-corrected chi connectivity index (χ2v) is 6.32. The predicted molar refractivity (Wildman–Crippen MR) is 92.0 cm³/mol. The molecule has 0 aliphatic carbocycles. The van der Waals surface area contributed by atoms with E-state index in [2.05, 4.69) is 24.0 Å². The number of urea groups is 1. The Hall–Kier alpha value is -2.61. The van der Waals surface area contributed by atoms with Crippen molar-refractivity contribution in [3.05, 3.63) is 42.5 Å². The second kappa shape index (κ2) is 6.48. The van der Waals surface area contributed by atoms with Crippen molar-refractivity contribution < 1.29 is 4.79 Å². The van der Waals surface area contributed by atoms with Gasteiger partial charge in [0.15, 0.2) is 0 Å². The van der Waals surface area contributed by atoms with Crippen LogP contribution >= 0.6 is 11.7 Å². The number of rotatable bonds is 2. The normalized spacial score (nSPS) is 17.8. The van der Waals surface area contributed by atoms with Gasteiger partial charge in [-0.25, -0.2) is 14.8 Å². The molecule has 1 fully saturated rings. The first kappa shape index (κ1) is 14.9. The second-order valence-electron chi connectivity index (χ2n) is 5.79. The summed E-state index contributed by atoms with van der Waals surface area (Å²) in [6.45, 7) is 1.41. The Balaban J connectivity index is 1.49. The molecule has 8 heteroatoms. The number of likely N-dealkylation sites (tertiary alicyclic amines) is 1. The van der Waals surface area contributed by atoms with Gasteiger partial charge < -0.3 is 10.2 Å². The highest BCUT2D eigenvalue weighted by molar-refractivity contribution is 7.00. The number of nitrogens with zero attached hydrogens (tertiary/aromatic N) is 5. The molecule has 7 nitrogen and oxygen atoms in total. The number of carbonyl (C=O) groups excluding carboxylic acids is 1. The summed E-state index contributed by atoms with van der Waals surface area (Å²) >= 11 is 1.15. The highest BCUT2D eigenvalue weighted by Crippen LogP contribution is 2.26. The van der Waals surface area contributed by atoms with E-state index in [4.69, 9.17) is 0 Å². The van der Waals surface area contributed by atoms with E-state index in [0.717, 1.165) is 47.8 Å². The summed E-state index contributed by atoms with van der Waals surface area (Å²) in [6.07, 6.45) is 5.30. The van der Waals surface area contributed by atoms with Crippen molar-refractivity contribution in [1.82, 2.24) is 23.6 Å². The highest BCUT2D eigenvalue weighted by atomic mass is 32.1. The number of anilines is 1. The van der Waals surface area contributed by atoms with Gasteiger partial charge in [-0.05, 0) is 31.0 Å². The van der Waals surface area contributed by atoms with Crippen LogP contribution in [0.2, 0.25) is 0 Å². The van der Waals surface area contributed by atoms with Crippen molar-refractivity contribution in [1.29, 1.82) is 0 Å². The van der Waals surface area contributed by atoms with Gasteiger partial charge in [0.25, 0.3) is 0 Å². The molecule has 0 spiro atoms. The van der Waals surface area contributed by atoms with Gasteiger partial charge in [-0.1, -0.05) is 6.07 Å². The van der Waals surface area contributed by atoms with E-state index in [9.17, 15) is 4.79 Å². The Morgan fingerprint density at radius 3 is 3.12 bits per heavy atom. The molecule has 3 heterocycles. The minimum Gasteiger partial charge on any atom is -0.324 e. The van der Waals surface area contributed by atoms with E-state index in [1.54, 1.807) is 12.5 Å². The van der Waals surface area contributed by atoms with E-state index in [1.807, 2.05) is 29.2 Å². The molecule has 1 aliphatic heterocycles. The Morgan fingerprint density at radius 2 is 2.25 bits per heavy atom. The first-order chi connectivity index (χ1) is 11.8. The van der Waals surface area contributed by atoms with Crippen LogP contribution < -0.4 is 5.32 Å². The van der Waals surface area contributed by atoms with Gasteiger partial charge in [-0.3, -0.25) is 0 Å². The van der Waals surface area contributed by atoms with Gasteiger partial charge in [0.1, 0.15) is 17.4 Å². The number of piperidine rings is 1. The molecule has 1 atom stereocenters. The topological polar surface area (TPSA) is 83.9 Å². The fourth-order valence-electron chi connectivity index (χ4n) is 3.05. The average molecular weight is 340 g/mol. The molecule has 3 aromatic rings. The molecule has 0 unspecified atom stereocenters. The molecule has 122 valence electrons. The Bertz CT molecular complexity index is 852. The molecule has 1 saturated heterocycles. The largest absolute Gasteiger partial charge is 0.324 e. The average Bonchev–Trinajstić information content (AvgIpc) is 3.12. The quantitative estimate of drug-likeness (QED) is 0.775. The zero-order chi connectivity index (χ0) is 16.4. The van der Waals surface area contributed by atoms with Crippen LogP contribution in [0, 0.1) is 0 Å². The van der Waals surface area contributed by atoms with Crippen LogP contribution in [0.3, 0.4) is 0 Å². The maximum absolute atomic E-state index is 12.6. The van der Waals surface area contributed by atoms with Crippen LogP contribution in [-0.4, -0.2) is 42.7 Å². The summed E-state index contributed by atoms with van der Waals surface area (Å²) in [5.74, 6) is 0.254. The molecule has 4 rings (SSSR count). The predicted octanol–water partition coefficient (Wildman–Crippen LogP) is 2.89. The molecule has 0 bridgehead atoms. The Labute approximate surface area is 143 Å². The third-order valence-electron chi connectivity index (χ3n) is 4.26. The summed E-state index contributed by atoms with van der Waals surface area (Å²) < 4.78 is 8.46. The summed E-state index contributed by atoms with van der Waals surface area (Å²) in [7, 11) is 0. The van der Waals surface area contributed by atoms with Crippen molar-refractivity contribution in [3.63, 3.8) is 0 Å². The van der Waals surface area contributed by atoms with Crippen LogP contribution in [0.4, 0.5) is 10.5 Å². The van der Waals surface area contributed by atoms with Gasteiger partial charge in [-0.2, -0.15) is 8.75 Å². The summed E-state index contributed by atoms with van der Waals surface area (Å²) in [5.41, 5.74) is 3.24. The van der Waals surface area contributed by atoms with Gasteiger partial charge >= 0.3 is 6.03 Å². The lowest BCUT2D eigenvalue weighted by Crippen LogP contribution is -2.41. The number of hydrogen-bond donors (Lipinski definition) is 1. The van der Waals surface area contributed by atoms with E-state index >= 15 is 0 Å². The lowest BCUT2D eigenvalue weighted by molar-refractivity contribution is 0.192. The summed E-state index contributed by atoms with van der Waals surface area (Å²) in [6, 6.07) is 7.44. The Kier molecular flexibility index (Phi) is 4.04. The van der Waals surface area contributed by atoms with Gasteiger partial charge in [0.2, 0.25) is 0 Å². The van der Waals surface area contributed by atoms with E-state index < -0.39 is 0 Å². The SMILES string of the molecule is O=C(Nc1cccc2nsnc12)N1CCC[C@H](c2ccncn2)C1. The number of carbonyl (C=O) groups is 1. The number of amides is 2. The third kappa shape index (κ3) is 2.92. The number of fused-ring (bicyclic) bond motifs is 1. The minimum absolute atomic E-state index is 0.103. The standard InChI is InChI=1S/C16H16N6OS/c23-16(19-13-4-1-5-14-15(13)21-24-20-14)22-8-2-3-11(9-22)12-6-7-17-10-18-12/h1,4-7,10-11H,2-3,8-9H2,(H,19,23)/t11-/m0/s1. The number of aromatic nitrogens is 4. The molecular formula is C16H16N6OS. The van der Waals surface area contributed by atoms with E-state index in [-0.39, 0.29) is 11.9 Å². The molecule has 2 aromatic heterocycles. The van der Waals surface area contributed by atoms with E-state index in [0.29, 0.717) is 12.2 Å². The van der Waals surface area contributed by atoms with Gasteiger partial charge in [0.05, 0.1) is 17.4 Å². The maximum atomic E-state index is 12.6. The lowest BCUT2D eigenvalue weighted by atomic mass is 9.95. The molecule has 1 aromatic carbocycles. The molecule has 2 amide bonds. The van der Waals surface area contributed by atoms with Crippen molar-refractivity contribution in [2.45, 2.75) is 18.8 Å². The maximum Gasteiger partial charge on any atom is 0.321 e. The Morgan fingerprint density at radius 1 is 1.29 bits per heavy atom. The fraction of sp³-hybridized carbons (Fsp3) is 0.312. The zero-order valence-corrected chi connectivity index (χ0v) is 13.7. The fourth-order valence-corrected chi connectivity index (χ4v) is 3.60. The molecular weight excluding hydrogens is 324 g/mol. The lowest BCUT2D eigenvalue weighted by Gasteiger charge is -2.32. The highest BCUT2D eigenvalue weighted by Gasteiger charge is 2.26. The molecule has 0 radical (unpaired) electrons. The minimum atomic E-state index is -0.103. The van der Waals surface area contributed by atoms with Gasteiger partial charge in [-0.15, -0.1) is 0 Å². The zero-order valence-electron chi connectivity index (χ0n) is 12.9. The first-order valence-corrected chi connectivity index (χ1v) is 8.57. The molecule has 1 aliphatic rings. The monoisotopic (exact) mass is 340 g/mol. The van der Waals surface area contributed by atoms with Crippen LogP contribution in [0.1, 0.15) is 24.5 Å². The number of hydrogen-bond acceptors (Lipinski definition) is 6. The van der Waals surface area contributed by atoms with Crippen molar-refractivity contribution in [2.75, 3.05) is 18.4 Å². The first-order valence-electron chi connectivity index (χ1n) is 7.84. The smallest absolute Gasteiger partial charge is 0.321 e. The van der Waals surface area contributed by atoms with Crippen molar-refractivity contribution in [2.24, 2.45) is 0 Å². The third-order valence-corrected chi connectivity index (χ3v) is 4.80. The van der Waals surface area contributed by atoms with Crippen molar-refractivity contribution >= 4 is 34.5 Å². The van der Waals surface area contributed by atoms with Crippen molar-refractivity contribution in [3.8, 4) is 0 Å². The summed E-state index contributed by atoms with van der Waals surface area (Å²) in [4.78, 5) is 22.8. The van der Waals surface area contributed by atoms with Gasteiger partial charge in [0, 0.05) is 30.9 Å². The van der Waals surface area contributed by atoms with Crippen LogP contribution in [0.25, 0.3) is 11.0 Å².